The summed E-state index contributed by atoms with van der Waals surface area (Å²) in [5, 5.41) is 5.98. The van der Waals surface area contributed by atoms with Crippen molar-refractivity contribution >= 4 is 66.5 Å². The molecule has 0 fully saturated rings. The molecule has 170 valence electrons. The van der Waals surface area contributed by atoms with Gasteiger partial charge in [0.2, 0.25) is 5.52 Å². The van der Waals surface area contributed by atoms with Crippen LogP contribution in [0.25, 0.3) is 26.4 Å². The Morgan fingerprint density at radius 1 is 1.15 bits per heavy atom. The zero-order valence-electron chi connectivity index (χ0n) is 19.8. The number of allylic oxidation sites excluding steroid dienone is 2. The van der Waals surface area contributed by atoms with Crippen molar-refractivity contribution in [2.45, 2.75) is 45.6 Å². The molecule has 4 aromatic rings. The summed E-state index contributed by atoms with van der Waals surface area (Å²) in [6, 6.07) is 11.1. The number of benzene rings is 2. The van der Waals surface area contributed by atoms with Crippen molar-refractivity contribution < 1.29 is 9.30 Å². The van der Waals surface area contributed by atoms with Crippen LogP contribution in [0.5, 0.6) is 5.75 Å². The van der Waals surface area contributed by atoms with Crippen molar-refractivity contribution in [3.05, 3.63) is 63.0 Å². The summed E-state index contributed by atoms with van der Waals surface area (Å²) < 4.78 is 10.8. The third-order valence-corrected chi connectivity index (χ3v) is 9.27. The third-order valence-electron chi connectivity index (χ3n) is 6.16. The standard InChI is InChI=1S/C27H29N2OS3/c1-6-18(14-24-28(7-2)20-13-17(4)9-10-22(20)32-24)15-25-29(8-3)26-23(33-25)16-21(30-5)19-11-12-31-27(19)26/h9-16H,6-8H2,1-5H3/q+1. The van der Waals surface area contributed by atoms with Gasteiger partial charge in [0.1, 0.15) is 21.7 Å². The molecule has 0 amide bonds. The van der Waals surface area contributed by atoms with Gasteiger partial charge in [0.15, 0.2) is 0 Å². The Morgan fingerprint density at radius 2 is 2.00 bits per heavy atom. The van der Waals surface area contributed by atoms with E-state index in [0.717, 1.165) is 25.3 Å². The van der Waals surface area contributed by atoms with Crippen molar-refractivity contribution in [1.82, 2.24) is 0 Å². The van der Waals surface area contributed by atoms with E-state index in [0.29, 0.717) is 0 Å². The number of ether oxygens (including phenoxy) is 1. The molecule has 6 heteroatoms. The predicted molar refractivity (Wildman–Crippen MR) is 146 cm³/mol. The summed E-state index contributed by atoms with van der Waals surface area (Å²) in [4.78, 5) is 3.79. The van der Waals surface area contributed by atoms with Crippen molar-refractivity contribution in [3.8, 4) is 5.75 Å². The zero-order valence-corrected chi connectivity index (χ0v) is 22.2. The lowest BCUT2D eigenvalue weighted by molar-refractivity contribution is -0.664. The minimum atomic E-state index is 0.944. The molecule has 0 saturated carbocycles. The van der Waals surface area contributed by atoms with Crippen LogP contribution in [0, 0.1) is 6.92 Å². The van der Waals surface area contributed by atoms with Gasteiger partial charge in [-0.1, -0.05) is 36.1 Å². The average Bonchev–Trinajstić information content (AvgIpc) is 3.52. The van der Waals surface area contributed by atoms with E-state index in [2.05, 4.69) is 85.0 Å². The third kappa shape index (κ3) is 3.88. The van der Waals surface area contributed by atoms with Gasteiger partial charge in [0.05, 0.1) is 17.8 Å². The van der Waals surface area contributed by atoms with Crippen LogP contribution in [-0.2, 0) is 6.54 Å². The minimum Gasteiger partial charge on any atom is -0.496 e. The van der Waals surface area contributed by atoms with Gasteiger partial charge in [-0.2, -0.15) is 4.57 Å². The number of aryl methyl sites for hydroxylation is 2. The molecule has 2 aromatic heterocycles. The van der Waals surface area contributed by atoms with Gasteiger partial charge in [0.25, 0.3) is 5.01 Å². The second kappa shape index (κ2) is 9.16. The second-order valence-electron chi connectivity index (χ2n) is 8.15. The lowest BCUT2D eigenvalue weighted by Gasteiger charge is -2.18. The van der Waals surface area contributed by atoms with Gasteiger partial charge in [-0.15, -0.1) is 11.3 Å². The van der Waals surface area contributed by atoms with E-state index in [1.165, 1.54) is 52.1 Å². The van der Waals surface area contributed by atoms with Gasteiger partial charge in [-0.25, -0.2) is 0 Å². The number of thioether (sulfide) groups is 1. The fourth-order valence-electron chi connectivity index (χ4n) is 4.47. The summed E-state index contributed by atoms with van der Waals surface area (Å²) >= 11 is 5.54. The first-order valence-corrected chi connectivity index (χ1v) is 14.0. The molecular weight excluding hydrogens is 465 g/mol. The molecule has 3 nitrogen and oxygen atoms in total. The van der Waals surface area contributed by atoms with Crippen LogP contribution in [-0.4, -0.2) is 13.7 Å². The first-order chi connectivity index (χ1) is 16.1. The number of fused-ring (bicyclic) bond motifs is 4. The Labute approximate surface area is 208 Å². The highest BCUT2D eigenvalue weighted by Gasteiger charge is 2.26. The monoisotopic (exact) mass is 493 g/mol. The molecule has 1 aliphatic heterocycles. The highest BCUT2D eigenvalue weighted by Crippen LogP contribution is 2.47. The Balaban J connectivity index is 1.61. The van der Waals surface area contributed by atoms with E-state index < -0.39 is 0 Å². The number of hydrogen-bond donors (Lipinski definition) is 0. The van der Waals surface area contributed by atoms with Gasteiger partial charge < -0.3 is 9.64 Å². The van der Waals surface area contributed by atoms with Crippen LogP contribution in [0.15, 0.2) is 57.3 Å². The van der Waals surface area contributed by atoms with Crippen LogP contribution < -0.4 is 14.2 Å². The Hall–Kier alpha value is -2.28. The Morgan fingerprint density at radius 3 is 2.73 bits per heavy atom. The number of hydrogen-bond acceptors (Lipinski definition) is 5. The van der Waals surface area contributed by atoms with E-state index in [4.69, 9.17) is 4.74 Å². The fourth-order valence-corrected chi connectivity index (χ4v) is 7.93. The molecule has 0 spiro atoms. The largest absolute Gasteiger partial charge is 0.496 e. The van der Waals surface area contributed by atoms with E-state index in [1.54, 1.807) is 18.4 Å². The zero-order chi connectivity index (χ0) is 23.1. The molecule has 0 unspecified atom stereocenters. The number of thiophene rings is 1. The Bertz CT molecular complexity index is 1410. The molecule has 0 N–H and O–H groups in total. The first kappa shape index (κ1) is 22.5. The van der Waals surface area contributed by atoms with E-state index in [9.17, 15) is 0 Å². The van der Waals surface area contributed by atoms with Crippen molar-refractivity contribution in [3.63, 3.8) is 0 Å². The van der Waals surface area contributed by atoms with Gasteiger partial charge in [-0.3, -0.25) is 0 Å². The van der Waals surface area contributed by atoms with Crippen LogP contribution in [0.3, 0.4) is 0 Å². The smallest absolute Gasteiger partial charge is 0.263 e. The summed E-state index contributed by atoms with van der Waals surface area (Å²) in [5.41, 5.74) is 5.33. The van der Waals surface area contributed by atoms with Crippen LogP contribution in [0.4, 0.5) is 5.69 Å². The molecule has 3 heterocycles. The van der Waals surface area contributed by atoms with Crippen LogP contribution in [0.2, 0.25) is 0 Å². The van der Waals surface area contributed by atoms with Gasteiger partial charge in [-0.05, 0) is 68.0 Å². The van der Waals surface area contributed by atoms with E-state index in [-0.39, 0.29) is 0 Å². The highest BCUT2D eigenvalue weighted by atomic mass is 32.2. The number of thiazole rings is 1. The SMILES string of the molecule is CCC(/C=C1\Sc2ccc(C)cc2N1CC)=C\c1sc2cc(OC)c3ccsc3c2[n+]1CC. The van der Waals surface area contributed by atoms with Crippen molar-refractivity contribution in [2.24, 2.45) is 0 Å². The van der Waals surface area contributed by atoms with Crippen LogP contribution in [0.1, 0.15) is 37.8 Å². The average molecular weight is 494 g/mol. The molecule has 0 bridgehead atoms. The summed E-state index contributed by atoms with van der Waals surface area (Å²) in [6.45, 7) is 10.8. The molecular formula is C27H29N2OS3+. The predicted octanol–water partition coefficient (Wildman–Crippen LogP) is 8.01. The quantitative estimate of drug-likeness (QED) is 0.253. The topological polar surface area (TPSA) is 16.4 Å². The normalized spacial score (nSPS) is 15.2. The van der Waals surface area contributed by atoms with E-state index >= 15 is 0 Å². The summed E-state index contributed by atoms with van der Waals surface area (Å²) in [6.07, 6.45) is 5.76. The maximum absolute atomic E-state index is 5.70. The molecule has 0 saturated heterocycles. The van der Waals surface area contributed by atoms with Crippen molar-refractivity contribution in [2.75, 3.05) is 18.6 Å². The number of aromatic nitrogens is 1. The molecule has 2 aromatic carbocycles. The van der Waals surface area contributed by atoms with E-state index in [1.807, 2.05) is 23.1 Å². The number of rotatable bonds is 6. The van der Waals surface area contributed by atoms with Gasteiger partial charge in [0, 0.05) is 29.0 Å². The summed E-state index contributed by atoms with van der Waals surface area (Å²) in [7, 11) is 1.76. The number of nitrogens with zero attached hydrogens (tertiary/aromatic N) is 2. The molecule has 0 aliphatic carbocycles. The summed E-state index contributed by atoms with van der Waals surface area (Å²) in [5.74, 6) is 0.964. The number of anilines is 1. The fraction of sp³-hybridized carbons (Fsp3) is 0.296. The minimum absolute atomic E-state index is 0.944. The molecule has 0 atom stereocenters. The second-order valence-corrected chi connectivity index (χ2v) is 11.2. The van der Waals surface area contributed by atoms with Gasteiger partial charge >= 0.3 is 0 Å². The van der Waals surface area contributed by atoms with Crippen molar-refractivity contribution in [1.29, 1.82) is 0 Å². The Kier molecular flexibility index (Phi) is 6.25. The molecule has 5 rings (SSSR count). The molecule has 0 radical (unpaired) electrons. The number of methoxy groups -OCH3 is 1. The lowest BCUT2D eigenvalue weighted by atomic mass is 10.1. The molecule has 33 heavy (non-hydrogen) atoms. The first-order valence-electron chi connectivity index (χ1n) is 11.5. The maximum atomic E-state index is 5.70. The highest BCUT2D eigenvalue weighted by molar-refractivity contribution is 8.03. The van der Waals surface area contributed by atoms with Crippen LogP contribution >= 0.6 is 34.4 Å². The molecule has 1 aliphatic rings. The lowest BCUT2D eigenvalue weighted by Crippen LogP contribution is -2.33. The maximum Gasteiger partial charge on any atom is 0.263 e.